The van der Waals surface area contributed by atoms with Gasteiger partial charge in [0.2, 0.25) is 0 Å². The molecule has 1 amide bonds. The number of aryl methyl sites for hydroxylation is 1. The molecule has 3 aromatic rings. The molecule has 1 unspecified atom stereocenters. The summed E-state index contributed by atoms with van der Waals surface area (Å²) in [7, 11) is 1.47. The fourth-order valence-corrected chi connectivity index (χ4v) is 3.93. The van der Waals surface area contributed by atoms with E-state index in [1.165, 1.54) is 12.0 Å². The molecule has 1 aliphatic heterocycles. The zero-order chi connectivity index (χ0) is 22.1. The van der Waals surface area contributed by atoms with Gasteiger partial charge in [0, 0.05) is 23.1 Å². The number of ketones is 1. The van der Waals surface area contributed by atoms with Crippen molar-refractivity contribution in [1.29, 1.82) is 0 Å². The minimum atomic E-state index is -0.879. The van der Waals surface area contributed by atoms with E-state index in [-0.39, 0.29) is 11.3 Å². The predicted octanol–water partition coefficient (Wildman–Crippen LogP) is 4.68. The molecule has 0 aliphatic carbocycles. The van der Waals surface area contributed by atoms with Gasteiger partial charge in [0.15, 0.2) is 0 Å². The molecule has 1 aromatic heterocycles. The van der Waals surface area contributed by atoms with Crippen LogP contribution in [0.1, 0.15) is 22.7 Å². The van der Waals surface area contributed by atoms with Gasteiger partial charge >= 0.3 is 0 Å². The highest BCUT2D eigenvalue weighted by Gasteiger charge is 2.47. The number of ether oxygens (including phenoxy) is 1. The van der Waals surface area contributed by atoms with Crippen LogP contribution < -0.4 is 9.64 Å². The van der Waals surface area contributed by atoms with E-state index in [1.807, 2.05) is 6.92 Å². The van der Waals surface area contributed by atoms with E-state index in [2.05, 4.69) is 4.98 Å². The second-order valence-corrected chi connectivity index (χ2v) is 7.52. The summed E-state index contributed by atoms with van der Waals surface area (Å²) in [6.45, 7) is 1.82. The first-order chi connectivity index (χ1) is 14.9. The number of carbonyl (C=O) groups is 2. The molecule has 1 N–H and O–H groups in total. The van der Waals surface area contributed by atoms with E-state index in [1.54, 1.807) is 67.0 Å². The van der Waals surface area contributed by atoms with Crippen molar-refractivity contribution in [2.75, 3.05) is 12.0 Å². The average Bonchev–Trinajstić information content (AvgIpc) is 3.06. The maximum Gasteiger partial charge on any atom is 0.300 e. The topological polar surface area (TPSA) is 79.7 Å². The van der Waals surface area contributed by atoms with Crippen LogP contribution in [-0.2, 0) is 9.59 Å². The average molecular weight is 435 g/mol. The minimum Gasteiger partial charge on any atom is -0.507 e. The lowest BCUT2D eigenvalue weighted by molar-refractivity contribution is -0.132. The molecule has 0 saturated carbocycles. The molecule has 2 aromatic carbocycles. The number of para-hydroxylation sites is 1. The van der Waals surface area contributed by atoms with Crippen molar-refractivity contribution in [2.45, 2.75) is 13.0 Å². The fraction of sp³-hybridized carbons (Fsp3) is 0.125. The van der Waals surface area contributed by atoms with Gasteiger partial charge in [-0.2, -0.15) is 0 Å². The molecule has 2 heterocycles. The summed E-state index contributed by atoms with van der Waals surface area (Å²) in [4.78, 5) is 31.9. The van der Waals surface area contributed by atoms with Crippen molar-refractivity contribution < 1.29 is 19.4 Å². The van der Waals surface area contributed by atoms with Gasteiger partial charge < -0.3 is 9.84 Å². The number of aromatic nitrogens is 1. The van der Waals surface area contributed by atoms with Gasteiger partial charge in [-0.25, -0.2) is 0 Å². The van der Waals surface area contributed by atoms with Crippen molar-refractivity contribution in [1.82, 2.24) is 4.98 Å². The molecular formula is C24H19ClN2O4. The normalized spacial score (nSPS) is 17.8. The summed E-state index contributed by atoms with van der Waals surface area (Å²) in [5.74, 6) is -1.48. The van der Waals surface area contributed by atoms with Gasteiger partial charge in [-0.3, -0.25) is 19.5 Å². The first-order valence-corrected chi connectivity index (χ1v) is 9.92. The van der Waals surface area contributed by atoms with Crippen LogP contribution in [0.5, 0.6) is 5.75 Å². The highest BCUT2D eigenvalue weighted by Crippen LogP contribution is 2.44. The maximum atomic E-state index is 13.2. The van der Waals surface area contributed by atoms with Crippen molar-refractivity contribution in [2.24, 2.45) is 0 Å². The molecule has 4 rings (SSSR count). The molecule has 1 saturated heterocycles. The van der Waals surface area contributed by atoms with E-state index in [0.717, 1.165) is 5.56 Å². The van der Waals surface area contributed by atoms with Crippen LogP contribution in [0.25, 0.3) is 5.76 Å². The molecule has 0 bridgehead atoms. The summed E-state index contributed by atoms with van der Waals surface area (Å²) < 4.78 is 5.34. The van der Waals surface area contributed by atoms with E-state index in [4.69, 9.17) is 16.3 Å². The number of hydrogen-bond donors (Lipinski definition) is 1. The molecule has 1 atom stereocenters. The van der Waals surface area contributed by atoms with E-state index < -0.39 is 17.7 Å². The molecule has 6 nitrogen and oxygen atoms in total. The van der Waals surface area contributed by atoms with Gasteiger partial charge in [0.05, 0.1) is 24.3 Å². The van der Waals surface area contributed by atoms with E-state index in [0.29, 0.717) is 27.6 Å². The number of anilines is 1. The number of pyridine rings is 1. The second kappa shape index (κ2) is 8.24. The van der Waals surface area contributed by atoms with Crippen molar-refractivity contribution in [3.05, 3.63) is 94.3 Å². The zero-order valence-electron chi connectivity index (χ0n) is 16.9. The molecule has 31 heavy (non-hydrogen) atoms. The van der Waals surface area contributed by atoms with Crippen molar-refractivity contribution >= 4 is 34.7 Å². The van der Waals surface area contributed by atoms with E-state index in [9.17, 15) is 14.7 Å². The number of aliphatic hydroxyl groups is 1. The quantitative estimate of drug-likeness (QED) is 0.366. The number of aliphatic hydroxyl groups excluding tert-OH is 1. The third kappa shape index (κ3) is 3.55. The lowest BCUT2D eigenvalue weighted by Crippen LogP contribution is -2.30. The standard InChI is InChI=1S/C24H19ClN2O4/c1-14-9-10-16(25)12-18(14)27-21(15-6-5-11-26-13-15)20(23(29)24(27)30)22(28)17-7-3-4-8-19(17)31-2/h3-13,21,28H,1-2H3/b22-20+. The first kappa shape index (κ1) is 20.6. The summed E-state index contributed by atoms with van der Waals surface area (Å²) in [5.41, 5.74) is 2.11. The monoisotopic (exact) mass is 434 g/mol. The number of carbonyl (C=O) groups excluding carboxylic acids is 2. The Balaban J connectivity index is 2.00. The molecule has 7 heteroatoms. The van der Waals surface area contributed by atoms with Crippen LogP contribution in [0.4, 0.5) is 5.69 Å². The van der Waals surface area contributed by atoms with Gasteiger partial charge in [-0.1, -0.05) is 35.9 Å². The lowest BCUT2D eigenvalue weighted by Gasteiger charge is -2.26. The molecule has 0 radical (unpaired) electrons. The van der Waals surface area contributed by atoms with Gasteiger partial charge in [-0.05, 0) is 48.4 Å². The van der Waals surface area contributed by atoms with Gasteiger partial charge in [0.25, 0.3) is 11.7 Å². The Labute approximate surface area is 184 Å². The number of benzene rings is 2. The Bertz CT molecular complexity index is 1210. The van der Waals surface area contributed by atoms with Crippen LogP contribution in [0.3, 0.4) is 0 Å². The van der Waals surface area contributed by atoms with Crippen LogP contribution in [0.15, 0.2) is 72.6 Å². The Kier molecular flexibility index (Phi) is 5.48. The molecule has 1 aliphatic rings. The number of rotatable bonds is 4. The van der Waals surface area contributed by atoms with Crippen LogP contribution in [0.2, 0.25) is 5.02 Å². The molecule has 1 fully saturated rings. The number of amides is 1. The van der Waals surface area contributed by atoms with Crippen molar-refractivity contribution in [3.8, 4) is 5.75 Å². The van der Waals surface area contributed by atoms with Crippen LogP contribution >= 0.6 is 11.6 Å². The Morgan fingerprint density at radius 2 is 1.90 bits per heavy atom. The highest BCUT2D eigenvalue weighted by atomic mass is 35.5. The third-order valence-corrected chi connectivity index (χ3v) is 5.47. The Morgan fingerprint density at radius 3 is 2.61 bits per heavy atom. The Hall–Kier alpha value is -3.64. The summed E-state index contributed by atoms with van der Waals surface area (Å²) in [5, 5.41) is 11.6. The maximum absolute atomic E-state index is 13.2. The van der Waals surface area contributed by atoms with Crippen LogP contribution in [-0.4, -0.2) is 28.9 Å². The predicted molar refractivity (Wildman–Crippen MR) is 118 cm³/mol. The molecular weight excluding hydrogens is 416 g/mol. The first-order valence-electron chi connectivity index (χ1n) is 9.54. The zero-order valence-corrected chi connectivity index (χ0v) is 17.6. The lowest BCUT2D eigenvalue weighted by atomic mass is 9.95. The summed E-state index contributed by atoms with van der Waals surface area (Å²) >= 11 is 6.19. The van der Waals surface area contributed by atoms with E-state index >= 15 is 0 Å². The summed E-state index contributed by atoms with van der Waals surface area (Å²) in [6.07, 6.45) is 3.17. The largest absolute Gasteiger partial charge is 0.507 e. The Morgan fingerprint density at radius 1 is 1.13 bits per heavy atom. The SMILES string of the molecule is COc1ccccc1/C(O)=C1\C(=O)C(=O)N(c2cc(Cl)ccc2C)C1c1cccnc1. The number of methoxy groups -OCH3 is 1. The van der Waals surface area contributed by atoms with Gasteiger partial charge in [0.1, 0.15) is 11.5 Å². The second-order valence-electron chi connectivity index (χ2n) is 7.09. The fourth-order valence-electron chi connectivity index (χ4n) is 3.76. The van der Waals surface area contributed by atoms with Gasteiger partial charge in [-0.15, -0.1) is 0 Å². The van der Waals surface area contributed by atoms with Crippen LogP contribution in [0, 0.1) is 6.92 Å². The highest BCUT2D eigenvalue weighted by molar-refractivity contribution is 6.52. The molecule has 156 valence electrons. The van der Waals surface area contributed by atoms with Crippen molar-refractivity contribution in [3.63, 3.8) is 0 Å². The third-order valence-electron chi connectivity index (χ3n) is 5.24. The number of nitrogens with zero attached hydrogens (tertiary/aromatic N) is 2. The molecule has 0 spiro atoms. The number of halogens is 1. The summed E-state index contributed by atoms with van der Waals surface area (Å²) in [6, 6.07) is 14.5. The minimum absolute atomic E-state index is 0.0399. The smallest absolute Gasteiger partial charge is 0.300 e. The number of hydrogen-bond acceptors (Lipinski definition) is 5. The number of Topliss-reactive ketones (excluding diaryl/α,β-unsaturated/α-hetero) is 1.